The molecule has 0 aromatic carbocycles. The second kappa shape index (κ2) is 35.5. The molecule has 0 heterocycles. The van der Waals surface area contributed by atoms with Crippen LogP contribution >= 0.6 is 0 Å². The molecule has 0 radical (unpaired) electrons. The van der Waals surface area contributed by atoms with Crippen LogP contribution in [0, 0.1) is 0 Å². The molecule has 0 atom stereocenters. The molecule has 0 aliphatic carbocycles. The van der Waals surface area contributed by atoms with Crippen LogP contribution in [0.3, 0.4) is 0 Å². The second-order valence-electron chi connectivity index (χ2n) is 12.0. The summed E-state index contributed by atoms with van der Waals surface area (Å²) in [5.74, 6) is 0. The zero-order valence-corrected chi connectivity index (χ0v) is 26.2. The van der Waals surface area contributed by atoms with E-state index < -0.39 is 0 Å². The van der Waals surface area contributed by atoms with Crippen molar-refractivity contribution in [3.8, 4) is 0 Å². The van der Waals surface area contributed by atoms with E-state index in [1.165, 1.54) is 199 Å². The molecule has 0 aromatic heterocycles. The van der Waals surface area contributed by atoms with Crippen molar-refractivity contribution in [1.29, 1.82) is 0 Å². The first kappa shape index (κ1) is 36.5. The van der Waals surface area contributed by atoms with Gasteiger partial charge in [0.25, 0.3) is 0 Å². The van der Waals surface area contributed by atoms with Crippen LogP contribution < -0.4 is 0 Å². The average Bonchev–Trinajstić information content (AvgIpc) is 2.91. The Hall–Kier alpha value is -0.520. The van der Waals surface area contributed by atoms with Crippen LogP contribution in [0.25, 0.3) is 0 Å². The first-order valence-corrected chi connectivity index (χ1v) is 17.7. The van der Waals surface area contributed by atoms with E-state index in [0.29, 0.717) is 0 Å². The van der Waals surface area contributed by atoms with Gasteiger partial charge in [0.05, 0.1) is 0 Å². The highest BCUT2D eigenvalue weighted by atomic mass is 14.0. The molecule has 0 nitrogen and oxygen atoms in total. The Morgan fingerprint density at radius 3 is 0.649 bits per heavy atom. The third-order valence-electron chi connectivity index (χ3n) is 8.08. The zero-order valence-electron chi connectivity index (χ0n) is 26.2. The molecule has 37 heavy (non-hydrogen) atoms. The molecular weight excluding hydrogens is 444 g/mol. The van der Waals surface area contributed by atoms with Gasteiger partial charge in [0.2, 0.25) is 0 Å². The summed E-state index contributed by atoms with van der Waals surface area (Å²) < 4.78 is 0. The van der Waals surface area contributed by atoms with Gasteiger partial charge < -0.3 is 0 Å². The van der Waals surface area contributed by atoms with Crippen molar-refractivity contribution >= 4 is 0 Å². The minimum atomic E-state index is 1.27. The van der Waals surface area contributed by atoms with Crippen molar-refractivity contribution in [2.45, 2.75) is 213 Å². The van der Waals surface area contributed by atoms with E-state index in [-0.39, 0.29) is 0 Å². The number of rotatable bonds is 32. The van der Waals surface area contributed by atoms with Gasteiger partial charge in [-0.1, -0.05) is 212 Å². The van der Waals surface area contributed by atoms with Crippen LogP contribution in [-0.2, 0) is 0 Å². The quantitative estimate of drug-likeness (QED) is 0.0616. The number of hydrogen-bond acceptors (Lipinski definition) is 0. The van der Waals surface area contributed by atoms with Gasteiger partial charge in [-0.05, 0) is 25.7 Å². The topological polar surface area (TPSA) is 0 Å². The lowest BCUT2D eigenvalue weighted by atomic mass is 10.0. The summed E-state index contributed by atoms with van der Waals surface area (Å²) in [5, 5.41) is 0. The van der Waals surface area contributed by atoms with Gasteiger partial charge in [-0.15, -0.1) is 0 Å². The maximum absolute atomic E-state index is 2.38. The molecule has 0 aliphatic heterocycles. The molecule has 220 valence electrons. The van der Waals surface area contributed by atoms with Crippen LogP contribution in [0.15, 0.2) is 24.3 Å². The molecule has 0 spiro atoms. The number of unbranched alkanes of at least 4 members (excludes halogenated alkanes) is 29. The van der Waals surface area contributed by atoms with Crippen LogP contribution in [0.4, 0.5) is 0 Å². The molecule has 0 saturated carbocycles. The fraction of sp³-hybridized carbons (Fsp3) is 0.892. The SMILES string of the molecule is CCCCCCCCCCCCCCCC=CC=CCCCCCCCCCCCCCCCCCC. The van der Waals surface area contributed by atoms with Gasteiger partial charge in [0.15, 0.2) is 0 Å². The smallest absolute Gasteiger partial charge is 0.0348 e. The van der Waals surface area contributed by atoms with Crippen LogP contribution in [0.1, 0.15) is 213 Å². The summed E-state index contributed by atoms with van der Waals surface area (Å²) in [5.41, 5.74) is 0. The predicted molar refractivity (Wildman–Crippen MR) is 173 cm³/mol. The van der Waals surface area contributed by atoms with Gasteiger partial charge in [-0.25, -0.2) is 0 Å². The number of allylic oxidation sites excluding steroid dienone is 4. The van der Waals surface area contributed by atoms with E-state index in [1.807, 2.05) is 0 Å². The normalized spacial score (nSPS) is 11.9. The van der Waals surface area contributed by atoms with Gasteiger partial charge in [0.1, 0.15) is 0 Å². The Kier molecular flexibility index (Phi) is 35.0. The first-order valence-electron chi connectivity index (χ1n) is 17.7. The minimum absolute atomic E-state index is 1.27. The van der Waals surface area contributed by atoms with E-state index in [0.717, 1.165) is 0 Å². The van der Waals surface area contributed by atoms with Crippen molar-refractivity contribution in [2.75, 3.05) is 0 Å². The highest BCUT2D eigenvalue weighted by molar-refractivity contribution is 5.02. The Balaban J connectivity index is 3.14. The molecule has 0 N–H and O–H groups in total. The molecule has 0 rings (SSSR count). The van der Waals surface area contributed by atoms with Crippen LogP contribution in [0.5, 0.6) is 0 Å². The summed E-state index contributed by atoms with van der Waals surface area (Å²) in [6, 6.07) is 0. The third-order valence-corrected chi connectivity index (χ3v) is 8.08. The molecule has 0 aromatic rings. The fourth-order valence-corrected chi connectivity index (χ4v) is 5.44. The van der Waals surface area contributed by atoms with Gasteiger partial charge in [-0.3, -0.25) is 0 Å². The van der Waals surface area contributed by atoms with E-state index >= 15 is 0 Å². The molecule has 0 amide bonds. The average molecular weight is 517 g/mol. The standard InChI is InChI=1S/C37H72/c1-3-5-7-9-11-13-15-17-19-21-23-25-27-29-31-33-35-37-36-34-32-30-28-26-24-22-20-18-16-14-12-10-8-6-4-2/h31,33,35,37H,3-30,32,34,36H2,1-2H3. The van der Waals surface area contributed by atoms with Crippen molar-refractivity contribution in [3.05, 3.63) is 24.3 Å². The number of hydrogen-bond donors (Lipinski definition) is 0. The third kappa shape index (κ3) is 35.5. The Morgan fingerprint density at radius 2 is 0.432 bits per heavy atom. The predicted octanol–water partition coefficient (Wildman–Crippen LogP) is 14.2. The van der Waals surface area contributed by atoms with Crippen molar-refractivity contribution in [3.63, 3.8) is 0 Å². The lowest BCUT2D eigenvalue weighted by molar-refractivity contribution is 0.530. The van der Waals surface area contributed by atoms with E-state index in [4.69, 9.17) is 0 Å². The maximum atomic E-state index is 2.38. The van der Waals surface area contributed by atoms with Crippen molar-refractivity contribution in [2.24, 2.45) is 0 Å². The maximum Gasteiger partial charge on any atom is -0.0348 e. The highest BCUT2D eigenvalue weighted by Gasteiger charge is 1.95. The summed E-state index contributed by atoms with van der Waals surface area (Å²) >= 11 is 0. The molecule has 0 saturated heterocycles. The van der Waals surface area contributed by atoms with E-state index in [9.17, 15) is 0 Å². The Labute approximate surface area is 236 Å². The van der Waals surface area contributed by atoms with Gasteiger partial charge in [-0.2, -0.15) is 0 Å². The highest BCUT2D eigenvalue weighted by Crippen LogP contribution is 2.15. The first-order chi connectivity index (χ1) is 18.4. The molecule has 0 bridgehead atoms. The minimum Gasteiger partial charge on any atom is -0.0845 e. The molecule has 0 aliphatic rings. The van der Waals surface area contributed by atoms with Crippen molar-refractivity contribution < 1.29 is 0 Å². The Morgan fingerprint density at radius 1 is 0.243 bits per heavy atom. The Bertz CT molecular complexity index is 431. The van der Waals surface area contributed by atoms with Gasteiger partial charge >= 0.3 is 0 Å². The summed E-state index contributed by atoms with van der Waals surface area (Å²) in [6.45, 7) is 4.61. The zero-order chi connectivity index (χ0) is 26.7. The van der Waals surface area contributed by atoms with Crippen LogP contribution in [-0.4, -0.2) is 0 Å². The summed E-state index contributed by atoms with van der Waals surface area (Å²) in [4.78, 5) is 0. The van der Waals surface area contributed by atoms with Crippen LogP contribution in [0.2, 0.25) is 0 Å². The summed E-state index contributed by atoms with van der Waals surface area (Å²) in [6.07, 6.45) is 53.9. The molecule has 0 unspecified atom stereocenters. The van der Waals surface area contributed by atoms with E-state index in [1.54, 1.807) is 0 Å². The van der Waals surface area contributed by atoms with E-state index in [2.05, 4.69) is 38.2 Å². The van der Waals surface area contributed by atoms with Gasteiger partial charge in [0, 0.05) is 0 Å². The molecule has 0 fully saturated rings. The lowest BCUT2D eigenvalue weighted by Gasteiger charge is -2.03. The largest absolute Gasteiger partial charge is 0.0845 e. The molecule has 0 heteroatoms. The molecular formula is C37H72. The second-order valence-corrected chi connectivity index (χ2v) is 12.0. The summed E-state index contributed by atoms with van der Waals surface area (Å²) in [7, 11) is 0. The van der Waals surface area contributed by atoms with Crippen molar-refractivity contribution in [1.82, 2.24) is 0 Å². The monoisotopic (exact) mass is 517 g/mol. The lowest BCUT2D eigenvalue weighted by Crippen LogP contribution is -1.83. The fourth-order valence-electron chi connectivity index (χ4n) is 5.44.